The Balaban J connectivity index is 1.88. The summed E-state index contributed by atoms with van der Waals surface area (Å²) in [5, 5.41) is 2.95. The van der Waals surface area contributed by atoms with Crippen LogP contribution in [-0.2, 0) is 11.2 Å². The molecule has 1 amide bonds. The Morgan fingerprint density at radius 1 is 1.14 bits per heavy atom. The van der Waals surface area contributed by atoms with Gasteiger partial charge in [0.25, 0.3) is 0 Å². The van der Waals surface area contributed by atoms with E-state index in [4.69, 9.17) is 0 Å². The van der Waals surface area contributed by atoms with Crippen molar-refractivity contribution >= 4 is 27.5 Å². The van der Waals surface area contributed by atoms with Gasteiger partial charge in [0, 0.05) is 16.6 Å². The number of carbonyl (C=O) groups excluding carboxylic acids is 1. The molecular formula is C19H22BrNO. The maximum Gasteiger partial charge on any atom is 0.224 e. The summed E-state index contributed by atoms with van der Waals surface area (Å²) < 4.78 is 1.05. The van der Waals surface area contributed by atoms with Gasteiger partial charge in [-0.3, -0.25) is 4.79 Å². The van der Waals surface area contributed by atoms with Gasteiger partial charge in [0.1, 0.15) is 0 Å². The lowest BCUT2D eigenvalue weighted by molar-refractivity contribution is -0.116. The fourth-order valence-corrected chi connectivity index (χ4v) is 2.52. The van der Waals surface area contributed by atoms with Crippen molar-refractivity contribution in [1.29, 1.82) is 0 Å². The molecule has 0 heterocycles. The van der Waals surface area contributed by atoms with Crippen molar-refractivity contribution in [1.82, 2.24) is 0 Å². The van der Waals surface area contributed by atoms with E-state index in [-0.39, 0.29) is 5.91 Å². The molecule has 2 nitrogen and oxygen atoms in total. The Morgan fingerprint density at radius 2 is 1.82 bits per heavy atom. The normalized spacial score (nSPS) is 10.8. The molecule has 0 spiro atoms. The number of hydrogen-bond donors (Lipinski definition) is 1. The van der Waals surface area contributed by atoms with E-state index in [1.165, 1.54) is 11.1 Å². The first-order valence-corrected chi connectivity index (χ1v) is 8.40. The summed E-state index contributed by atoms with van der Waals surface area (Å²) in [4.78, 5) is 12.0. The lowest BCUT2D eigenvalue weighted by atomic mass is 10.0. The Morgan fingerprint density at radius 3 is 2.41 bits per heavy atom. The van der Waals surface area contributed by atoms with Crippen molar-refractivity contribution in [3.63, 3.8) is 0 Å². The van der Waals surface area contributed by atoms with Crippen LogP contribution >= 0.6 is 15.9 Å². The molecule has 3 heteroatoms. The highest BCUT2D eigenvalue weighted by atomic mass is 79.9. The van der Waals surface area contributed by atoms with Crippen molar-refractivity contribution in [2.45, 2.75) is 39.5 Å². The predicted octanol–water partition coefficient (Wildman–Crippen LogP) is 5.45. The van der Waals surface area contributed by atoms with Gasteiger partial charge in [-0.2, -0.15) is 0 Å². The fraction of sp³-hybridized carbons (Fsp3) is 0.316. The molecular weight excluding hydrogens is 338 g/mol. The van der Waals surface area contributed by atoms with E-state index in [1.54, 1.807) is 0 Å². The van der Waals surface area contributed by atoms with E-state index in [2.05, 4.69) is 59.4 Å². The van der Waals surface area contributed by atoms with Gasteiger partial charge >= 0.3 is 0 Å². The van der Waals surface area contributed by atoms with Crippen LogP contribution in [0, 0.1) is 6.92 Å². The first kappa shape index (κ1) is 16.8. The molecule has 0 aromatic heterocycles. The Bertz CT molecular complexity index is 647. The van der Waals surface area contributed by atoms with Crippen LogP contribution in [0.1, 0.15) is 42.9 Å². The molecule has 0 atom stereocenters. The van der Waals surface area contributed by atoms with Crippen molar-refractivity contribution in [2.75, 3.05) is 5.32 Å². The minimum atomic E-state index is 0.0506. The maximum atomic E-state index is 12.0. The second kappa shape index (κ2) is 7.59. The van der Waals surface area contributed by atoms with E-state index >= 15 is 0 Å². The third kappa shape index (κ3) is 4.70. The van der Waals surface area contributed by atoms with Crippen molar-refractivity contribution in [3.8, 4) is 0 Å². The van der Waals surface area contributed by atoms with E-state index in [1.807, 2.05) is 25.1 Å². The highest BCUT2D eigenvalue weighted by molar-refractivity contribution is 9.10. The van der Waals surface area contributed by atoms with Crippen LogP contribution < -0.4 is 5.32 Å². The van der Waals surface area contributed by atoms with E-state index in [0.717, 1.165) is 22.1 Å². The van der Waals surface area contributed by atoms with Gasteiger partial charge in [0.15, 0.2) is 0 Å². The molecule has 0 aliphatic carbocycles. The molecule has 0 bridgehead atoms. The number of carbonyl (C=O) groups is 1. The van der Waals surface area contributed by atoms with Gasteiger partial charge in [-0.15, -0.1) is 0 Å². The third-order valence-corrected chi connectivity index (χ3v) is 4.62. The number of amides is 1. The SMILES string of the molecule is Cc1cc(NC(=O)CCc2ccc(C(C)C)cc2)ccc1Br. The number of hydrogen-bond acceptors (Lipinski definition) is 1. The van der Waals surface area contributed by atoms with Crippen LogP contribution in [0.5, 0.6) is 0 Å². The predicted molar refractivity (Wildman–Crippen MR) is 96.4 cm³/mol. The molecule has 0 radical (unpaired) electrons. The summed E-state index contributed by atoms with van der Waals surface area (Å²) in [6.45, 7) is 6.38. The van der Waals surface area contributed by atoms with Crippen LogP contribution in [0.2, 0.25) is 0 Å². The monoisotopic (exact) mass is 359 g/mol. The van der Waals surface area contributed by atoms with Crippen molar-refractivity contribution in [2.24, 2.45) is 0 Å². The number of rotatable bonds is 5. The second-order valence-electron chi connectivity index (χ2n) is 5.91. The average molecular weight is 360 g/mol. The number of halogens is 1. The Kier molecular flexibility index (Phi) is 5.78. The van der Waals surface area contributed by atoms with E-state index in [9.17, 15) is 4.79 Å². The average Bonchev–Trinajstić information content (AvgIpc) is 2.49. The summed E-state index contributed by atoms with van der Waals surface area (Å²) in [7, 11) is 0. The van der Waals surface area contributed by atoms with Gasteiger partial charge in [0.05, 0.1) is 0 Å². The molecule has 0 unspecified atom stereocenters. The Hall–Kier alpha value is -1.61. The highest BCUT2D eigenvalue weighted by Gasteiger charge is 2.05. The topological polar surface area (TPSA) is 29.1 Å². The second-order valence-corrected chi connectivity index (χ2v) is 6.76. The van der Waals surface area contributed by atoms with Crippen LogP contribution in [0.15, 0.2) is 46.9 Å². The summed E-state index contributed by atoms with van der Waals surface area (Å²) >= 11 is 3.46. The first-order valence-electron chi connectivity index (χ1n) is 7.60. The first-order chi connectivity index (χ1) is 10.5. The molecule has 0 aliphatic heterocycles. The van der Waals surface area contributed by atoms with Crippen LogP contribution in [-0.4, -0.2) is 5.91 Å². The fourth-order valence-electron chi connectivity index (χ4n) is 2.27. The standard InChI is InChI=1S/C19H22BrNO/c1-13(2)16-7-4-15(5-8-16)6-11-19(22)21-17-9-10-18(20)14(3)12-17/h4-5,7-10,12-13H,6,11H2,1-3H3,(H,21,22). The van der Waals surface area contributed by atoms with Gasteiger partial charge in [-0.25, -0.2) is 0 Å². The largest absolute Gasteiger partial charge is 0.326 e. The van der Waals surface area contributed by atoms with Crippen LogP contribution in [0.25, 0.3) is 0 Å². The lowest BCUT2D eigenvalue weighted by Crippen LogP contribution is -2.12. The zero-order chi connectivity index (χ0) is 16.1. The highest BCUT2D eigenvalue weighted by Crippen LogP contribution is 2.20. The molecule has 1 N–H and O–H groups in total. The molecule has 0 aliphatic rings. The molecule has 2 aromatic carbocycles. The van der Waals surface area contributed by atoms with Crippen LogP contribution in [0.4, 0.5) is 5.69 Å². The van der Waals surface area contributed by atoms with Crippen molar-refractivity contribution < 1.29 is 4.79 Å². The molecule has 0 saturated carbocycles. The van der Waals surface area contributed by atoms with E-state index in [0.29, 0.717) is 12.3 Å². The number of benzene rings is 2. The molecule has 22 heavy (non-hydrogen) atoms. The minimum Gasteiger partial charge on any atom is -0.326 e. The zero-order valence-corrected chi connectivity index (χ0v) is 14.9. The zero-order valence-electron chi connectivity index (χ0n) is 13.3. The molecule has 2 rings (SSSR count). The minimum absolute atomic E-state index is 0.0506. The summed E-state index contributed by atoms with van der Waals surface area (Å²) in [6, 6.07) is 14.4. The molecule has 0 saturated heterocycles. The summed E-state index contributed by atoms with van der Waals surface area (Å²) in [6.07, 6.45) is 1.26. The summed E-state index contributed by atoms with van der Waals surface area (Å²) in [5.74, 6) is 0.590. The van der Waals surface area contributed by atoms with Gasteiger partial charge in [0.2, 0.25) is 5.91 Å². The third-order valence-electron chi connectivity index (χ3n) is 3.73. The maximum absolute atomic E-state index is 12.0. The molecule has 116 valence electrons. The van der Waals surface area contributed by atoms with Gasteiger partial charge < -0.3 is 5.32 Å². The van der Waals surface area contributed by atoms with Crippen LogP contribution in [0.3, 0.4) is 0 Å². The Labute approximate surface area is 141 Å². The number of aryl methyl sites for hydroxylation is 2. The van der Waals surface area contributed by atoms with E-state index < -0.39 is 0 Å². The smallest absolute Gasteiger partial charge is 0.224 e. The number of nitrogens with one attached hydrogen (secondary N) is 1. The molecule has 2 aromatic rings. The van der Waals surface area contributed by atoms with Gasteiger partial charge in [-0.1, -0.05) is 54.0 Å². The summed E-state index contributed by atoms with van der Waals surface area (Å²) in [5.41, 5.74) is 4.49. The quantitative estimate of drug-likeness (QED) is 0.755. The van der Waals surface area contributed by atoms with Gasteiger partial charge in [-0.05, 0) is 54.2 Å². The van der Waals surface area contributed by atoms with Crippen molar-refractivity contribution in [3.05, 3.63) is 63.6 Å². The molecule has 0 fully saturated rings. The number of anilines is 1. The lowest BCUT2D eigenvalue weighted by Gasteiger charge is -2.08.